The van der Waals surface area contributed by atoms with E-state index in [-0.39, 0.29) is 30.6 Å². The van der Waals surface area contributed by atoms with Crippen LogP contribution in [0.15, 0.2) is 18.2 Å². The Labute approximate surface area is 151 Å². The van der Waals surface area contributed by atoms with Gasteiger partial charge in [-0.05, 0) is 31.5 Å². The van der Waals surface area contributed by atoms with Crippen LogP contribution in [0.4, 0.5) is 0 Å². The van der Waals surface area contributed by atoms with Crippen LogP contribution in [0.25, 0.3) is 0 Å². The van der Waals surface area contributed by atoms with Gasteiger partial charge in [0.25, 0.3) is 0 Å². The maximum absolute atomic E-state index is 12.8. The van der Waals surface area contributed by atoms with Crippen molar-refractivity contribution in [1.29, 1.82) is 0 Å². The first-order valence-corrected chi connectivity index (χ1v) is 8.64. The second-order valence-electron chi connectivity index (χ2n) is 7.02. The highest BCUT2D eigenvalue weighted by molar-refractivity contribution is 5.94. The third kappa shape index (κ3) is 3.19. The second-order valence-corrected chi connectivity index (χ2v) is 7.02. The van der Waals surface area contributed by atoms with E-state index >= 15 is 0 Å². The summed E-state index contributed by atoms with van der Waals surface area (Å²) >= 11 is 0. The number of amides is 1. The van der Waals surface area contributed by atoms with E-state index in [0.717, 1.165) is 0 Å². The Morgan fingerprint density at radius 2 is 2.15 bits per heavy atom. The molecule has 2 atom stereocenters. The van der Waals surface area contributed by atoms with Crippen LogP contribution in [0, 0.1) is 11.3 Å². The quantitative estimate of drug-likeness (QED) is 0.797. The van der Waals surface area contributed by atoms with Crippen LogP contribution >= 0.6 is 0 Å². The molecule has 0 spiro atoms. The number of nitrogens with zero attached hydrogens (tertiary/aromatic N) is 1. The standard InChI is InChI=1S/C19H23NO6/c1-12(21)13-3-4-16(25-2)14(7-13)8-17(22)20-9-15-10-26-6-5-19(15,11-20)18(23)24/h3-4,7,15H,5-6,8-11H2,1-2H3,(H,23,24)/t15-,19+/m0/s1. The number of carbonyl (C=O) groups excluding carboxylic acids is 2. The molecule has 2 heterocycles. The van der Waals surface area contributed by atoms with Crippen molar-refractivity contribution in [1.82, 2.24) is 4.90 Å². The van der Waals surface area contributed by atoms with Gasteiger partial charge in [0.05, 0.1) is 25.6 Å². The Morgan fingerprint density at radius 1 is 1.38 bits per heavy atom. The molecule has 3 rings (SSSR count). The average molecular weight is 361 g/mol. The number of benzene rings is 1. The number of ketones is 1. The van der Waals surface area contributed by atoms with Crippen LogP contribution < -0.4 is 4.74 Å². The number of likely N-dealkylation sites (tertiary alicyclic amines) is 1. The smallest absolute Gasteiger partial charge is 0.311 e. The molecule has 0 unspecified atom stereocenters. The van der Waals surface area contributed by atoms with E-state index in [9.17, 15) is 19.5 Å². The lowest BCUT2D eigenvalue weighted by molar-refractivity contribution is -0.157. The Hall–Kier alpha value is -2.41. The highest BCUT2D eigenvalue weighted by Gasteiger charge is 2.54. The first kappa shape index (κ1) is 18.4. The van der Waals surface area contributed by atoms with E-state index in [4.69, 9.17) is 9.47 Å². The lowest BCUT2D eigenvalue weighted by Gasteiger charge is -2.33. The van der Waals surface area contributed by atoms with Crippen LogP contribution in [-0.4, -0.2) is 61.1 Å². The largest absolute Gasteiger partial charge is 0.496 e. The Morgan fingerprint density at radius 3 is 2.77 bits per heavy atom. The third-order valence-electron chi connectivity index (χ3n) is 5.51. The highest BCUT2D eigenvalue weighted by Crippen LogP contribution is 2.42. The van der Waals surface area contributed by atoms with Crippen molar-refractivity contribution in [3.63, 3.8) is 0 Å². The van der Waals surface area contributed by atoms with Gasteiger partial charge in [0, 0.05) is 36.7 Å². The molecular weight excluding hydrogens is 338 g/mol. The maximum atomic E-state index is 12.8. The maximum Gasteiger partial charge on any atom is 0.311 e. The number of ether oxygens (including phenoxy) is 2. The number of aliphatic carboxylic acids is 1. The van der Waals surface area contributed by atoms with E-state index in [1.54, 1.807) is 23.1 Å². The van der Waals surface area contributed by atoms with Gasteiger partial charge in [-0.2, -0.15) is 0 Å². The minimum Gasteiger partial charge on any atom is -0.496 e. The lowest BCUT2D eigenvalue weighted by atomic mass is 9.74. The van der Waals surface area contributed by atoms with Gasteiger partial charge >= 0.3 is 5.97 Å². The van der Waals surface area contributed by atoms with E-state index in [1.165, 1.54) is 14.0 Å². The van der Waals surface area contributed by atoms with Crippen molar-refractivity contribution in [2.75, 3.05) is 33.4 Å². The summed E-state index contributed by atoms with van der Waals surface area (Å²) in [7, 11) is 1.51. The zero-order valence-electron chi connectivity index (χ0n) is 15.0. The zero-order chi connectivity index (χ0) is 18.9. The Kier molecular flexibility index (Phi) is 5.00. The van der Waals surface area contributed by atoms with Crippen LogP contribution in [0.2, 0.25) is 0 Å². The topological polar surface area (TPSA) is 93.1 Å². The molecule has 2 aliphatic rings. The van der Waals surface area contributed by atoms with Gasteiger partial charge in [-0.25, -0.2) is 0 Å². The molecule has 0 radical (unpaired) electrons. The summed E-state index contributed by atoms with van der Waals surface area (Å²) in [6.45, 7) is 2.80. The van der Waals surface area contributed by atoms with Crippen LogP contribution in [0.3, 0.4) is 0 Å². The van der Waals surface area contributed by atoms with Crippen molar-refractivity contribution < 1.29 is 29.0 Å². The lowest BCUT2D eigenvalue weighted by Crippen LogP contribution is -2.45. The summed E-state index contributed by atoms with van der Waals surface area (Å²) in [6.07, 6.45) is 0.480. The normalized spacial score (nSPS) is 24.8. The summed E-state index contributed by atoms with van der Waals surface area (Å²) in [5, 5.41) is 9.72. The summed E-state index contributed by atoms with van der Waals surface area (Å²) < 4.78 is 10.7. The fourth-order valence-electron chi connectivity index (χ4n) is 3.90. The molecule has 26 heavy (non-hydrogen) atoms. The van der Waals surface area contributed by atoms with Gasteiger partial charge in [0.2, 0.25) is 5.91 Å². The summed E-state index contributed by atoms with van der Waals surface area (Å²) in [5.41, 5.74) is 0.221. The first-order chi connectivity index (χ1) is 12.4. The molecule has 0 aliphatic carbocycles. The van der Waals surface area contributed by atoms with E-state index in [2.05, 4.69) is 0 Å². The third-order valence-corrected chi connectivity index (χ3v) is 5.51. The number of rotatable bonds is 5. The number of Topliss-reactive ketones (excluding diaryl/α,β-unsaturated/α-hetero) is 1. The van der Waals surface area contributed by atoms with Crippen molar-refractivity contribution >= 4 is 17.7 Å². The Bertz CT molecular complexity index is 746. The molecule has 0 bridgehead atoms. The molecule has 1 aromatic rings. The molecule has 2 saturated heterocycles. The van der Waals surface area contributed by atoms with E-state index in [0.29, 0.717) is 43.1 Å². The van der Waals surface area contributed by atoms with Gasteiger partial charge in [-0.3, -0.25) is 14.4 Å². The number of hydrogen-bond acceptors (Lipinski definition) is 5. The number of fused-ring (bicyclic) bond motifs is 1. The molecule has 0 saturated carbocycles. The number of carboxylic acids is 1. The average Bonchev–Trinajstić information content (AvgIpc) is 3.03. The van der Waals surface area contributed by atoms with Gasteiger partial charge < -0.3 is 19.5 Å². The fraction of sp³-hybridized carbons (Fsp3) is 0.526. The molecule has 1 N–H and O–H groups in total. The predicted octanol–water partition coefficient (Wildman–Crippen LogP) is 1.39. The van der Waals surface area contributed by atoms with Crippen molar-refractivity contribution in [3.05, 3.63) is 29.3 Å². The molecule has 7 nitrogen and oxygen atoms in total. The van der Waals surface area contributed by atoms with E-state index in [1.807, 2.05) is 0 Å². The van der Waals surface area contributed by atoms with E-state index < -0.39 is 11.4 Å². The number of hydrogen-bond donors (Lipinski definition) is 1. The van der Waals surface area contributed by atoms with Crippen LogP contribution in [0.5, 0.6) is 5.75 Å². The van der Waals surface area contributed by atoms with Gasteiger partial charge in [-0.1, -0.05) is 0 Å². The van der Waals surface area contributed by atoms with Crippen molar-refractivity contribution in [2.45, 2.75) is 19.8 Å². The minimum atomic E-state index is -0.917. The van der Waals surface area contributed by atoms with Crippen LogP contribution in [-0.2, 0) is 20.7 Å². The number of methoxy groups -OCH3 is 1. The number of carboxylic acid groups (broad SMARTS) is 1. The van der Waals surface area contributed by atoms with Crippen LogP contribution in [0.1, 0.15) is 29.3 Å². The molecule has 1 aromatic carbocycles. The second kappa shape index (κ2) is 7.07. The SMILES string of the molecule is COc1ccc(C(C)=O)cc1CC(=O)N1C[C@H]2COCC[C@@]2(C(=O)O)C1. The fourth-order valence-corrected chi connectivity index (χ4v) is 3.90. The molecule has 140 valence electrons. The highest BCUT2D eigenvalue weighted by atomic mass is 16.5. The summed E-state index contributed by atoms with van der Waals surface area (Å²) in [4.78, 5) is 37.9. The van der Waals surface area contributed by atoms with Crippen molar-refractivity contribution in [3.8, 4) is 5.75 Å². The summed E-state index contributed by atoms with van der Waals surface area (Å²) in [5.74, 6) is -0.772. The van der Waals surface area contributed by atoms with Gasteiger partial charge in [0.15, 0.2) is 5.78 Å². The molecule has 7 heteroatoms. The first-order valence-electron chi connectivity index (χ1n) is 8.64. The number of carbonyl (C=O) groups is 3. The minimum absolute atomic E-state index is 0.0631. The summed E-state index contributed by atoms with van der Waals surface area (Å²) in [6, 6.07) is 5.00. The predicted molar refractivity (Wildman–Crippen MR) is 92.3 cm³/mol. The molecular formula is C19H23NO6. The van der Waals surface area contributed by atoms with Crippen molar-refractivity contribution in [2.24, 2.45) is 11.3 Å². The zero-order valence-corrected chi connectivity index (χ0v) is 15.0. The van der Waals surface area contributed by atoms with Gasteiger partial charge in [-0.15, -0.1) is 0 Å². The molecule has 2 aliphatic heterocycles. The molecule has 0 aromatic heterocycles. The molecule has 2 fully saturated rings. The molecule has 1 amide bonds. The monoisotopic (exact) mass is 361 g/mol. The Balaban J connectivity index is 1.80. The van der Waals surface area contributed by atoms with Gasteiger partial charge in [0.1, 0.15) is 5.75 Å².